The summed E-state index contributed by atoms with van der Waals surface area (Å²) in [5.74, 6) is -0.157. The molecule has 0 amide bonds. The van der Waals surface area contributed by atoms with Gasteiger partial charge in [-0.3, -0.25) is 0 Å². The van der Waals surface area contributed by atoms with E-state index in [1.165, 1.54) is 12.8 Å². The molecule has 3 rings (SSSR count). The molecule has 0 radical (unpaired) electrons. The average Bonchev–Trinajstić information content (AvgIpc) is 3.09. The van der Waals surface area contributed by atoms with Gasteiger partial charge in [0.1, 0.15) is 5.82 Å². The van der Waals surface area contributed by atoms with Crippen molar-refractivity contribution in [2.75, 3.05) is 24.5 Å². The molecule has 92 valence electrons. The molecule has 1 saturated heterocycles. The topological polar surface area (TPSA) is 15.3 Å². The normalized spacial score (nSPS) is 26.9. The van der Waals surface area contributed by atoms with Gasteiger partial charge < -0.3 is 10.2 Å². The van der Waals surface area contributed by atoms with Gasteiger partial charge in [0, 0.05) is 36.8 Å². The summed E-state index contributed by atoms with van der Waals surface area (Å²) in [6, 6.07) is 7.38. The maximum absolute atomic E-state index is 13.0. The summed E-state index contributed by atoms with van der Waals surface area (Å²) >= 11 is 0. The number of rotatable bonds is 1. The van der Waals surface area contributed by atoms with E-state index in [-0.39, 0.29) is 5.82 Å². The molecule has 1 aliphatic heterocycles. The third-order valence-corrected chi connectivity index (χ3v) is 4.09. The van der Waals surface area contributed by atoms with Crippen LogP contribution >= 0.6 is 0 Å². The molecule has 1 saturated carbocycles. The van der Waals surface area contributed by atoms with Crippen LogP contribution in [0.1, 0.15) is 19.8 Å². The van der Waals surface area contributed by atoms with Crippen molar-refractivity contribution in [3.63, 3.8) is 0 Å². The van der Waals surface area contributed by atoms with Crippen molar-refractivity contribution >= 4 is 5.69 Å². The quantitative estimate of drug-likeness (QED) is 0.802. The Morgan fingerprint density at radius 2 is 2.00 bits per heavy atom. The minimum absolute atomic E-state index is 0.157. The van der Waals surface area contributed by atoms with Crippen LogP contribution in [0.25, 0.3) is 0 Å². The van der Waals surface area contributed by atoms with Crippen molar-refractivity contribution < 1.29 is 4.39 Å². The van der Waals surface area contributed by atoms with E-state index in [4.69, 9.17) is 0 Å². The van der Waals surface area contributed by atoms with Crippen LogP contribution in [-0.2, 0) is 0 Å². The molecule has 1 atom stereocenters. The number of hydrogen-bond donors (Lipinski definition) is 1. The second-order valence-electron chi connectivity index (χ2n) is 5.58. The largest absolute Gasteiger partial charge is 0.367 e. The monoisotopic (exact) mass is 234 g/mol. The van der Waals surface area contributed by atoms with Gasteiger partial charge in [0.25, 0.3) is 0 Å². The maximum Gasteiger partial charge on any atom is 0.123 e. The summed E-state index contributed by atoms with van der Waals surface area (Å²) in [7, 11) is 0. The highest BCUT2D eigenvalue weighted by Crippen LogP contribution is 2.47. The van der Waals surface area contributed by atoms with Gasteiger partial charge in [0.2, 0.25) is 0 Å². The Bertz CT molecular complexity index is 397. The van der Waals surface area contributed by atoms with Gasteiger partial charge in [-0.1, -0.05) is 0 Å². The van der Waals surface area contributed by atoms with E-state index >= 15 is 0 Å². The molecule has 1 unspecified atom stereocenters. The number of hydrogen-bond acceptors (Lipinski definition) is 2. The SMILES string of the molecule is CC1CNCC2(CC2)CN1c1ccc(F)cc1. The van der Waals surface area contributed by atoms with Crippen LogP contribution < -0.4 is 10.2 Å². The number of anilines is 1. The van der Waals surface area contributed by atoms with Gasteiger partial charge in [-0.05, 0) is 44.0 Å². The van der Waals surface area contributed by atoms with Crippen LogP contribution in [0.3, 0.4) is 0 Å². The molecule has 2 aliphatic rings. The van der Waals surface area contributed by atoms with Crippen LogP contribution in [0.5, 0.6) is 0 Å². The molecule has 0 bridgehead atoms. The van der Waals surface area contributed by atoms with Crippen LogP contribution in [-0.4, -0.2) is 25.7 Å². The van der Waals surface area contributed by atoms with E-state index in [1.807, 2.05) is 12.1 Å². The molecule has 2 nitrogen and oxygen atoms in total. The van der Waals surface area contributed by atoms with E-state index in [0.29, 0.717) is 11.5 Å². The third-order valence-electron chi connectivity index (χ3n) is 4.09. The molecule has 1 spiro atoms. The molecule has 3 heteroatoms. The zero-order valence-corrected chi connectivity index (χ0v) is 10.2. The predicted octanol–water partition coefficient (Wildman–Crippen LogP) is 2.40. The molecular weight excluding hydrogens is 215 g/mol. The second kappa shape index (κ2) is 3.98. The zero-order chi connectivity index (χ0) is 11.9. The van der Waals surface area contributed by atoms with E-state index < -0.39 is 0 Å². The molecular formula is C14H19FN2. The number of nitrogens with zero attached hydrogens (tertiary/aromatic N) is 1. The smallest absolute Gasteiger partial charge is 0.123 e. The Balaban J connectivity index is 1.85. The Labute approximate surface area is 102 Å². The van der Waals surface area contributed by atoms with Gasteiger partial charge >= 0.3 is 0 Å². The lowest BCUT2D eigenvalue weighted by Gasteiger charge is -2.31. The molecule has 1 N–H and O–H groups in total. The Morgan fingerprint density at radius 1 is 1.29 bits per heavy atom. The standard InChI is InChI=1S/C14H19FN2/c1-11-8-16-9-14(6-7-14)10-17(11)13-4-2-12(15)3-5-13/h2-5,11,16H,6-10H2,1H3. The predicted molar refractivity (Wildman–Crippen MR) is 67.7 cm³/mol. The van der Waals surface area contributed by atoms with Gasteiger partial charge in [0.15, 0.2) is 0 Å². The van der Waals surface area contributed by atoms with Crippen molar-refractivity contribution in [1.82, 2.24) is 5.32 Å². The lowest BCUT2D eigenvalue weighted by atomic mass is 10.1. The fourth-order valence-electron chi connectivity index (χ4n) is 2.72. The summed E-state index contributed by atoms with van der Waals surface area (Å²) in [6.07, 6.45) is 2.65. The first-order chi connectivity index (χ1) is 8.19. The second-order valence-corrected chi connectivity index (χ2v) is 5.58. The number of benzene rings is 1. The fourth-order valence-corrected chi connectivity index (χ4v) is 2.72. The maximum atomic E-state index is 13.0. The third kappa shape index (κ3) is 2.16. The highest BCUT2D eigenvalue weighted by molar-refractivity contribution is 5.48. The van der Waals surface area contributed by atoms with Gasteiger partial charge in [-0.2, -0.15) is 0 Å². The van der Waals surface area contributed by atoms with Crippen molar-refractivity contribution in [2.45, 2.75) is 25.8 Å². The van der Waals surface area contributed by atoms with Gasteiger partial charge in [-0.15, -0.1) is 0 Å². The van der Waals surface area contributed by atoms with Crippen LogP contribution in [0, 0.1) is 11.2 Å². The average molecular weight is 234 g/mol. The molecule has 1 aromatic carbocycles. The molecule has 1 aromatic rings. The lowest BCUT2D eigenvalue weighted by molar-refractivity contribution is 0.500. The molecule has 2 fully saturated rings. The van der Waals surface area contributed by atoms with Crippen LogP contribution in [0.4, 0.5) is 10.1 Å². The highest BCUT2D eigenvalue weighted by atomic mass is 19.1. The molecule has 1 heterocycles. The Morgan fingerprint density at radius 3 is 2.65 bits per heavy atom. The zero-order valence-electron chi connectivity index (χ0n) is 10.2. The summed E-state index contributed by atoms with van der Waals surface area (Å²) in [4.78, 5) is 2.42. The summed E-state index contributed by atoms with van der Waals surface area (Å²) < 4.78 is 13.0. The first-order valence-corrected chi connectivity index (χ1v) is 6.42. The van der Waals surface area contributed by atoms with E-state index in [0.717, 1.165) is 25.3 Å². The first kappa shape index (κ1) is 11.0. The fraction of sp³-hybridized carbons (Fsp3) is 0.571. The molecule has 1 aliphatic carbocycles. The van der Waals surface area contributed by atoms with Crippen LogP contribution in [0.2, 0.25) is 0 Å². The molecule has 17 heavy (non-hydrogen) atoms. The summed E-state index contributed by atoms with van der Waals surface area (Å²) in [5.41, 5.74) is 1.63. The summed E-state index contributed by atoms with van der Waals surface area (Å²) in [5, 5.41) is 3.55. The minimum atomic E-state index is -0.157. The van der Waals surface area contributed by atoms with E-state index in [1.54, 1.807) is 12.1 Å². The van der Waals surface area contributed by atoms with Crippen molar-refractivity contribution in [3.05, 3.63) is 30.1 Å². The first-order valence-electron chi connectivity index (χ1n) is 6.42. The number of halogens is 1. The van der Waals surface area contributed by atoms with Crippen molar-refractivity contribution in [1.29, 1.82) is 0 Å². The lowest BCUT2D eigenvalue weighted by Crippen LogP contribution is -2.38. The van der Waals surface area contributed by atoms with Gasteiger partial charge in [-0.25, -0.2) is 4.39 Å². The van der Waals surface area contributed by atoms with E-state index in [9.17, 15) is 4.39 Å². The summed E-state index contributed by atoms with van der Waals surface area (Å²) in [6.45, 7) is 5.48. The number of nitrogens with one attached hydrogen (secondary N) is 1. The van der Waals surface area contributed by atoms with Crippen LogP contribution in [0.15, 0.2) is 24.3 Å². The van der Waals surface area contributed by atoms with E-state index in [2.05, 4.69) is 17.1 Å². The Kier molecular flexibility index (Phi) is 2.58. The highest BCUT2D eigenvalue weighted by Gasteiger charge is 2.45. The van der Waals surface area contributed by atoms with Crippen molar-refractivity contribution in [3.8, 4) is 0 Å². The Hall–Kier alpha value is -1.09. The van der Waals surface area contributed by atoms with Gasteiger partial charge in [0.05, 0.1) is 0 Å². The molecule has 0 aromatic heterocycles. The minimum Gasteiger partial charge on any atom is -0.367 e. The van der Waals surface area contributed by atoms with Crippen molar-refractivity contribution in [2.24, 2.45) is 5.41 Å².